The predicted molar refractivity (Wildman–Crippen MR) is 118 cm³/mol. The van der Waals surface area contributed by atoms with Gasteiger partial charge < -0.3 is 15.1 Å². The van der Waals surface area contributed by atoms with Crippen LogP contribution in [0.5, 0.6) is 0 Å². The van der Waals surface area contributed by atoms with Gasteiger partial charge in [0.05, 0.1) is 23.4 Å². The lowest BCUT2D eigenvalue weighted by atomic mass is 10.1. The monoisotopic (exact) mass is 460 g/mol. The van der Waals surface area contributed by atoms with Gasteiger partial charge >= 0.3 is 6.18 Å². The Balaban J connectivity index is 1.37. The summed E-state index contributed by atoms with van der Waals surface area (Å²) in [7, 11) is 0. The highest BCUT2D eigenvalue weighted by atomic mass is 19.4. The zero-order valence-corrected chi connectivity index (χ0v) is 18.3. The van der Waals surface area contributed by atoms with Crippen LogP contribution in [0.1, 0.15) is 58.4 Å². The van der Waals surface area contributed by atoms with Crippen molar-refractivity contribution in [1.29, 1.82) is 0 Å². The molecule has 0 radical (unpaired) electrons. The van der Waals surface area contributed by atoms with E-state index in [1.807, 2.05) is 4.90 Å². The van der Waals surface area contributed by atoms with Gasteiger partial charge in [-0.2, -0.15) is 13.2 Å². The predicted octanol–water partition coefficient (Wildman–Crippen LogP) is 4.33. The van der Waals surface area contributed by atoms with E-state index in [0.29, 0.717) is 37.4 Å². The first-order valence-electron chi connectivity index (χ1n) is 11.3. The maximum Gasteiger partial charge on any atom is 0.417 e. The minimum Gasteiger partial charge on any atom is -0.352 e. The maximum atomic E-state index is 13.3. The number of carbonyl (C=O) groups is 2. The fraction of sp³-hybridized carbons (Fsp3) is 0.458. The molecule has 1 aromatic heterocycles. The van der Waals surface area contributed by atoms with E-state index in [0.717, 1.165) is 24.8 Å². The second kappa shape index (κ2) is 9.80. The van der Waals surface area contributed by atoms with Crippen molar-refractivity contribution in [2.24, 2.45) is 5.92 Å². The van der Waals surface area contributed by atoms with Crippen LogP contribution in [-0.2, 0) is 6.18 Å². The van der Waals surface area contributed by atoms with Crippen molar-refractivity contribution in [3.63, 3.8) is 0 Å². The molecule has 33 heavy (non-hydrogen) atoms. The minimum atomic E-state index is -4.60. The number of halogens is 3. The van der Waals surface area contributed by atoms with Gasteiger partial charge in [-0.1, -0.05) is 25.0 Å². The van der Waals surface area contributed by atoms with Crippen molar-refractivity contribution >= 4 is 17.6 Å². The molecule has 0 atom stereocenters. The molecule has 2 heterocycles. The van der Waals surface area contributed by atoms with E-state index in [4.69, 9.17) is 0 Å². The molecule has 0 unspecified atom stereocenters. The first-order valence-corrected chi connectivity index (χ1v) is 11.3. The number of hydrogen-bond donors (Lipinski definition) is 1. The van der Waals surface area contributed by atoms with Gasteiger partial charge in [0.25, 0.3) is 11.8 Å². The molecule has 1 saturated heterocycles. The number of nitrogens with zero attached hydrogens (tertiary/aromatic N) is 3. The molecule has 9 heteroatoms. The third-order valence-corrected chi connectivity index (χ3v) is 6.05. The molecule has 0 spiro atoms. The third kappa shape index (κ3) is 5.83. The number of carbonyl (C=O) groups excluding carboxylic acids is 2. The van der Waals surface area contributed by atoms with Crippen LogP contribution in [0.3, 0.4) is 0 Å². The Kier molecular flexibility index (Phi) is 6.85. The quantitative estimate of drug-likeness (QED) is 0.625. The Bertz CT molecular complexity index is 990. The van der Waals surface area contributed by atoms with E-state index in [2.05, 4.69) is 10.3 Å². The van der Waals surface area contributed by atoms with Gasteiger partial charge in [0.15, 0.2) is 0 Å². The number of alkyl halides is 3. The lowest BCUT2D eigenvalue weighted by Gasteiger charge is -2.36. The van der Waals surface area contributed by atoms with Crippen LogP contribution < -0.4 is 10.2 Å². The number of benzene rings is 1. The number of amides is 2. The lowest BCUT2D eigenvalue weighted by molar-refractivity contribution is -0.138. The van der Waals surface area contributed by atoms with Crippen molar-refractivity contribution < 1.29 is 22.8 Å². The first kappa shape index (κ1) is 23.1. The van der Waals surface area contributed by atoms with Crippen molar-refractivity contribution in [2.45, 2.75) is 38.3 Å². The molecular weight excluding hydrogens is 433 g/mol. The molecule has 1 aliphatic carbocycles. The van der Waals surface area contributed by atoms with Gasteiger partial charge in [-0.25, -0.2) is 4.98 Å². The molecule has 2 aromatic rings. The molecule has 4 rings (SSSR count). The molecule has 2 aliphatic rings. The normalized spacial score (nSPS) is 16.6. The highest BCUT2D eigenvalue weighted by molar-refractivity contribution is 5.96. The molecular formula is C24H27F3N4O2. The second-order valence-electron chi connectivity index (χ2n) is 8.62. The fourth-order valence-electron chi connectivity index (χ4n) is 4.05. The van der Waals surface area contributed by atoms with Gasteiger partial charge in [0.1, 0.15) is 5.82 Å². The maximum absolute atomic E-state index is 13.3. The number of anilines is 1. The summed E-state index contributed by atoms with van der Waals surface area (Å²) in [6.45, 7) is 1.75. The van der Waals surface area contributed by atoms with E-state index in [1.165, 1.54) is 42.1 Å². The van der Waals surface area contributed by atoms with Crippen molar-refractivity contribution in [1.82, 2.24) is 15.2 Å². The summed E-state index contributed by atoms with van der Waals surface area (Å²) >= 11 is 0. The summed E-state index contributed by atoms with van der Waals surface area (Å²) in [6.07, 6.45) is 2.21. The van der Waals surface area contributed by atoms with Crippen LogP contribution >= 0.6 is 0 Å². The van der Waals surface area contributed by atoms with Crippen LogP contribution in [0.2, 0.25) is 0 Å². The molecule has 1 aliphatic heterocycles. The summed E-state index contributed by atoms with van der Waals surface area (Å²) in [4.78, 5) is 32.8. The standard InChI is InChI=1S/C24H27F3N4O2/c25-24(26,27)20-7-2-1-6-19(20)23(33)31-14-4-13-30(16-31)21-11-10-18(15-29-21)22(32)28-12-3-5-17-8-9-17/h1-2,6-7,10-11,15,17H,3-5,8-9,12-14,16H2,(H,28,32). The van der Waals surface area contributed by atoms with Gasteiger partial charge in [-0.15, -0.1) is 0 Å². The largest absolute Gasteiger partial charge is 0.417 e. The van der Waals surface area contributed by atoms with Crippen molar-refractivity contribution in [3.8, 4) is 0 Å². The van der Waals surface area contributed by atoms with Gasteiger partial charge in [-0.05, 0) is 49.4 Å². The first-order chi connectivity index (χ1) is 15.8. The molecule has 176 valence electrons. The highest BCUT2D eigenvalue weighted by Crippen LogP contribution is 2.33. The van der Waals surface area contributed by atoms with Crippen molar-refractivity contribution in [3.05, 3.63) is 59.3 Å². The summed E-state index contributed by atoms with van der Waals surface area (Å²) in [5.74, 6) is 0.571. The zero-order chi connectivity index (χ0) is 23.4. The third-order valence-electron chi connectivity index (χ3n) is 6.05. The average molecular weight is 461 g/mol. The Labute approximate surface area is 190 Å². The number of rotatable bonds is 7. The Morgan fingerprint density at radius 1 is 1.09 bits per heavy atom. The molecule has 1 saturated carbocycles. The average Bonchev–Trinajstić information content (AvgIpc) is 3.65. The number of aromatic nitrogens is 1. The van der Waals surface area contributed by atoms with E-state index in [9.17, 15) is 22.8 Å². The molecule has 0 bridgehead atoms. The Morgan fingerprint density at radius 3 is 2.58 bits per heavy atom. The highest BCUT2D eigenvalue weighted by Gasteiger charge is 2.36. The minimum absolute atomic E-state index is 0.130. The Morgan fingerprint density at radius 2 is 1.88 bits per heavy atom. The number of hydrogen-bond acceptors (Lipinski definition) is 4. The Hall–Kier alpha value is -3.10. The van der Waals surface area contributed by atoms with Crippen LogP contribution in [0.25, 0.3) is 0 Å². The zero-order valence-electron chi connectivity index (χ0n) is 18.3. The molecule has 6 nitrogen and oxygen atoms in total. The van der Waals surface area contributed by atoms with Crippen LogP contribution in [-0.4, -0.2) is 48.0 Å². The number of pyridine rings is 1. The topological polar surface area (TPSA) is 65.5 Å². The van der Waals surface area contributed by atoms with Crippen LogP contribution in [0, 0.1) is 5.92 Å². The van der Waals surface area contributed by atoms with E-state index in [-0.39, 0.29) is 18.1 Å². The summed E-state index contributed by atoms with van der Waals surface area (Å²) in [5.41, 5.74) is -0.833. The molecule has 2 amide bonds. The van der Waals surface area contributed by atoms with Gasteiger partial charge in [0.2, 0.25) is 0 Å². The summed E-state index contributed by atoms with van der Waals surface area (Å²) in [6, 6.07) is 8.22. The van der Waals surface area contributed by atoms with Gasteiger partial charge in [0, 0.05) is 25.8 Å². The van der Waals surface area contributed by atoms with E-state index in [1.54, 1.807) is 12.1 Å². The molecule has 1 N–H and O–H groups in total. The smallest absolute Gasteiger partial charge is 0.352 e. The van der Waals surface area contributed by atoms with Crippen LogP contribution in [0.15, 0.2) is 42.6 Å². The second-order valence-corrected chi connectivity index (χ2v) is 8.62. The van der Waals surface area contributed by atoms with E-state index >= 15 is 0 Å². The van der Waals surface area contributed by atoms with E-state index < -0.39 is 17.6 Å². The molecule has 1 aromatic carbocycles. The van der Waals surface area contributed by atoms with Crippen molar-refractivity contribution in [2.75, 3.05) is 31.2 Å². The molecule has 2 fully saturated rings. The summed E-state index contributed by atoms with van der Waals surface area (Å²) < 4.78 is 40.0. The number of nitrogens with one attached hydrogen (secondary N) is 1. The fourth-order valence-corrected chi connectivity index (χ4v) is 4.05. The van der Waals surface area contributed by atoms with Gasteiger partial charge in [-0.3, -0.25) is 9.59 Å². The summed E-state index contributed by atoms with van der Waals surface area (Å²) in [5, 5.41) is 2.90. The SMILES string of the molecule is O=C(NCCCC1CC1)c1ccc(N2CCCN(C(=O)c3ccccc3C(F)(F)F)C2)nc1. The lowest BCUT2D eigenvalue weighted by Crippen LogP contribution is -2.48. The van der Waals surface area contributed by atoms with Crippen LogP contribution in [0.4, 0.5) is 19.0 Å².